The normalized spacial score (nSPS) is 10.9. The fourth-order valence-electron chi connectivity index (χ4n) is 2.41. The Labute approximate surface area is 124 Å². The van der Waals surface area contributed by atoms with Crippen molar-refractivity contribution in [3.8, 4) is 10.6 Å². The number of thiazole rings is 1. The van der Waals surface area contributed by atoms with Gasteiger partial charge in [-0.3, -0.25) is 4.79 Å². The molecule has 0 amide bonds. The Hall–Kier alpha value is -1.48. The number of hydrogen-bond donors (Lipinski definition) is 0. The largest absolute Gasteiger partial charge is 0.292 e. The molecule has 0 aliphatic rings. The molecular formula is C17H21NOS. The van der Waals surface area contributed by atoms with E-state index < -0.39 is 0 Å². The van der Waals surface area contributed by atoms with Crippen LogP contribution in [0, 0.1) is 5.92 Å². The van der Waals surface area contributed by atoms with E-state index in [-0.39, 0.29) is 11.7 Å². The van der Waals surface area contributed by atoms with E-state index in [0.717, 1.165) is 36.3 Å². The average molecular weight is 287 g/mol. The minimum atomic E-state index is 0.135. The molecule has 0 aliphatic heterocycles. The molecule has 2 rings (SSSR count). The van der Waals surface area contributed by atoms with Gasteiger partial charge >= 0.3 is 0 Å². The van der Waals surface area contributed by atoms with Crippen molar-refractivity contribution in [2.45, 2.75) is 39.5 Å². The fourth-order valence-corrected chi connectivity index (χ4v) is 3.23. The summed E-state index contributed by atoms with van der Waals surface area (Å²) in [6, 6.07) is 10.0. The van der Waals surface area contributed by atoms with E-state index in [2.05, 4.69) is 18.8 Å². The molecular weight excluding hydrogens is 266 g/mol. The third-order valence-corrected chi connectivity index (χ3v) is 4.31. The molecule has 0 unspecified atom stereocenters. The lowest BCUT2D eigenvalue weighted by Gasteiger charge is -2.11. The highest BCUT2D eigenvalue weighted by molar-refractivity contribution is 7.13. The van der Waals surface area contributed by atoms with Gasteiger partial charge in [0, 0.05) is 16.9 Å². The lowest BCUT2D eigenvalue weighted by molar-refractivity contribution is 0.0900. The quantitative estimate of drug-likeness (QED) is 0.654. The van der Waals surface area contributed by atoms with Gasteiger partial charge in [0.2, 0.25) is 0 Å². The molecule has 1 aromatic heterocycles. The molecule has 0 saturated heterocycles. The van der Waals surface area contributed by atoms with Crippen LogP contribution in [0.5, 0.6) is 0 Å². The minimum Gasteiger partial charge on any atom is -0.292 e. The summed E-state index contributed by atoms with van der Waals surface area (Å²) in [6.45, 7) is 4.26. The smallest absolute Gasteiger partial charge is 0.185 e. The van der Waals surface area contributed by atoms with Gasteiger partial charge in [-0.2, -0.15) is 0 Å². The molecule has 0 saturated carbocycles. The van der Waals surface area contributed by atoms with Gasteiger partial charge in [-0.15, -0.1) is 11.3 Å². The summed E-state index contributed by atoms with van der Waals surface area (Å²) < 4.78 is 0. The van der Waals surface area contributed by atoms with Crippen LogP contribution in [0.15, 0.2) is 35.7 Å². The van der Waals surface area contributed by atoms with Crippen LogP contribution in [0.1, 0.15) is 50.0 Å². The maximum atomic E-state index is 12.5. The second-order valence-electron chi connectivity index (χ2n) is 5.04. The van der Waals surface area contributed by atoms with E-state index in [1.807, 2.05) is 35.7 Å². The van der Waals surface area contributed by atoms with Crippen LogP contribution >= 0.6 is 11.3 Å². The lowest BCUT2D eigenvalue weighted by Crippen LogP contribution is -2.15. The Bertz CT molecular complexity index is 541. The summed E-state index contributed by atoms with van der Waals surface area (Å²) in [4.78, 5) is 17.0. The van der Waals surface area contributed by atoms with Gasteiger partial charge in [-0.05, 0) is 12.8 Å². The Morgan fingerprint density at radius 1 is 1.15 bits per heavy atom. The van der Waals surface area contributed by atoms with Crippen LogP contribution in [0.3, 0.4) is 0 Å². The van der Waals surface area contributed by atoms with Crippen molar-refractivity contribution in [2.75, 3.05) is 0 Å². The van der Waals surface area contributed by atoms with Crippen molar-refractivity contribution in [1.29, 1.82) is 0 Å². The van der Waals surface area contributed by atoms with Crippen LogP contribution in [0.2, 0.25) is 0 Å². The number of aromatic nitrogens is 1. The van der Waals surface area contributed by atoms with E-state index in [1.54, 1.807) is 11.3 Å². The zero-order chi connectivity index (χ0) is 14.4. The monoisotopic (exact) mass is 287 g/mol. The van der Waals surface area contributed by atoms with Crippen LogP contribution in [-0.4, -0.2) is 10.8 Å². The summed E-state index contributed by atoms with van der Waals surface area (Å²) in [7, 11) is 0. The molecule has 3 heteroatoms. The highest BCUT2D eigenvalue weighted by Crippen LogP contribution is 2.26. The first-order chi connectivity index (χ1) is 9.76. The Morgan fingerprint density at radius 2 is 1.80 bits per heavy atom. The molecule has 0 spiro atoms. The fraction of sp³-hybridized carbons (Fsp3) is 0.412. The number of nitrogens with zero attached hydrogens (tertiary/aromatic N) is 1. The second kappa shape index (κ2) is 7.34. The van der Waals surface area contributed by atoms with E-state index >= 15 is 0 Å². The van der Waals surface area contributed by atoms with Crippen molar-refractivity contribution in [3.05, 3.63) is 41.4 Å². The molecule has 106 valence electrons. The number of benzene rings is 1. The summed E-state index contributed by atoms with van der Waals surface area (Å²) in [6.07, 6.45) is 4.02. The maximum absolute atomic E-state index is 12.5. The Morgan fingerprint density at radius 3 is 2.40 bits per heavy atom. The molecule has 0 radical (unpaired) electrons. The molecule has 1 aromatic carbocycles. The summed E-state index contributed by atoms with van der Waals surface area (Å²) >= 11 is 1.55. The van der Waals surface area contributed by atoms with Crippen molar-refractivity contribution in [3.63, 3.8) is 0 Å². The first-order valence-corrected chi connectivity index (χ1v) is 8.19. The molecule has 0 aliphatic carbocycles. The maximum Gasteiger partial charge on any atom is 0.185 e. The van der Waals surface area contributed by atoms with Crippen LogP contribution in [0.25, 0.3) is 10.6 Å². The standard InChI is InChI=1S/C17H21NOS/c1-3-8-13(9-4-2)16(19)15-12-20-17(18-15)14-10-6-5-7-11-14/h5-7,10-13H,3-4,8-9H2,1-2H3. The zero-order valence-corrected chi connectivity index (χ0v) is 13.0. The van der Waals surface area contributed by atoms with Crippen LogP contribution < -0.4 is 0 Å². The molecule has 20 heavy (non-hydrogen) atoms. The Balaban J connectivity index is 2.17. The van der Waals surface area contributed by atoms with E-state index in [1.165, 1.54) is 0 Å². The summed E-state index contributed by atoms with van der Waals surface area (Å²) in [5.74, 6) is 0.350. The van der Waals surface area contributed by atoms with Crippen LogP contribution in [-0.2, 0) is 0 Å². The highest BCUT2D eigenvalue weighted by Gasteiger charge is 2.21. The summed E-state index contributed by atoms with van der Waals surface area (Å²) in [5.41, 5.74) is 1.72. The average Bonchev–Trinajstić information content (AvgIpc) is 2.97. The third-order valence-electron chi connectivity index (χ3n) is 3.42. The zero-order valence-electron chi connectivity index (χ0n) is 12.1. The highest BCUT2D eigenvalue weighted by atomic mass is 32.1. The van der Waals surface area contributed by atoms with E-state index in [4.69, 9.17) is 0 Å². The SMILES string of the molecule is CCCC(CCC)C(=O)c1csc(-c2ccccc2)n1. The van der Waals surface area contributed by atoms with Crippen molar-refractivity contribution < 1.29 is 4.79 Å². The van der Waals surface area contributed by atoms with Gasteiger partial charge in [0.1, 0.15) is 10.7 Å². The first kappa shape index (κ1) is 14.9. The molecule has 0 bridgehead atoms. The summed E-state index contributed by atoms with van der Waals surface area (Å²) in [5, 5.41) is 2.84. The molecule has 1 heterocycles. The number of rotatable bonds is 7. The van der Waals surface area contributed by atoms with E-state index in [9.17, 15) is 4.79 Å². The molecule has 0 N–H and O–H groups in total. The minimum absolute atomic E-state index is 0.135. The van der Waals surface area contributed by atoms with Crippen molar-refractivity contribution in [1.82, 2.24) is 4.98 Å². The number of Topliss-reactive ketones (excluding diaryl/α,β-unsaturated/α-hetero) is 1. The second-order valence-corrected chi connectivity index (χ2v) is 5.90. The molecule has 2 aromatic rings. The van der Waals surface area contributed by atoms with Gasteiger partial charge < -0.3 is 0 Å². The van der Waals surface area contributed by atoms with Gasteiger partial charge in [0.05, 0.1) is 0 Å². The first-order valence-electron chi connectivity index (χ1n) is 7.31. The van der Waals surface area contributed by atoms with Crippen molar-refractivity contribution in [2.24, 2.45) is 5.92 Å². The molecule has 0 atom stereocenters. The topological polar surface area (TPSA) is 30.0 Å². The predicted octanol–water partition coefficient (Wildman–Crippen LogP) is 5.21. The number of carbonyl (C=O) groups excluding carboxylic acids is 1. The van der Waals surface area contributed by atoms with Crippen LogP contribution in [0.4, 0.5) is 0 Å². The molecule has 0 fully saturated rings. The predicted molar refractivity (Wildman–Crippen MR) is 85.2 cm³/mol. The van der Waals surface area contributed by atoms with Crippen molar-refractivity contribution >= 4 is 17.1 Å². The number of carbonyl (C=O) groups is 1. The third kappa shape index (κ3) is 3.54. The molecule has 2 nitrogen and oxygen atoms in total. The number of hydrogen-bond acceptors (Lipinski definition) is 3. The van der Waals surface area contributed by atoms with Gasteiger partial charge in [-0.1, -0.05) is 57.0 Å². The van der Waals surface area contributed by atoms with Gasteiger partial charge in [-0.25, -0.2) is 4.98 Å². The number of ketones is 1. The lowest BCUT2D eigenvalue weighted by atomic mass is 9.92. The Kier molecular flexibility index (Phi) is 5.48. The van der Waals surface area contributed by atoms with E-state index in [0.29, 0.717) is 5.69 Å². The van der Waals surface area contributed by atoms with Gasteiger partial charge in [0.25, 0.3) is 0 Å². The van der Waals surface area contributed by atoms with Gasteiger partial charge in [0.15, 0.2) is 5.78 Å².